The van der Waals surface area contributed by atoms with Gasteiger partial charge in [-0.25, -0.2) is 0 Å². The number of carbonyl (C=O) groups excluding carboxylic acids is 3. The number of carbonyl (C=O) groups is 3. The third-order valence-corrected chi connectivity index (χ3v) is 6.58. The zero-order valence-corrected chi connectivity index (χ0v) is 18.8. The maximum absolute atomic E-state index is 13.3. The van der Waals surface area contributed by atoms with Crippen LogP contribution in [0.5, 0.6) is 5.75 Å². The molecule has 2 atom stereocenters. The summed E-state index contributed by atoms with van der Waals surface area (Å²) in [7, 11) is 4.96. The lowest BCUT2D eigenvalue weighted by molar-refractivity contribution is -0.134. The monoisotopic (exact) mass is 436 g/mol. The lowest BCUT2D eigenvalue weighted by Gasteiger charge is -2.34. The van der Waals surface area contributed by atoms with Crippen LogP contribution < -0.4 is 10.1 Å². The Morgan fingerprint density at radius 3 is 2.75 bits per heavy atom. The average molecular weight is 437 g/mol. The maximum Gasteiger partial charge on any atom is 0.254 e. The van der Waals surface area contributed by atoms with Crippen molar-refractivity contribution in [3.8, 4) is 5.75 Å². The molecule has 1 aromatic heterocycles. The number of likely N-dealkylation sites (tertiary alicyclic amines) is 1. The van der Waals surface area contributed by atoms with E-state index in [2.05, 4.69) is 10.3 Å². The van der Waals surface area contributed by atoms with Gasteiger partial charge in [-0.3, -0.25) is 19.4 Å². The Morgan fingerprint density at radius 2 is 2.06 bits per heavy atom. The molecule has 8 nitrogen and oxygen atoms in total. The highest BCUT2D eigenvalue weighted by atomic mass is 16.5. The molecule has 1 spiro atoms. The van der Waals surface area contributed by atoms with Crippen LogP contribution in [0.4, 0.5) is 0 Å². The van der Waals surface area contributed by atoms with Gasteiger partial charge in [0.15, 0.2) is 0 Å². The SMILES string of the molecule is COc1ccc2c(c1)C(=O)N[C@@]1(CC2)CN(C(=O)c2ccncc2C)C[C@@H]1C(=O)N(C)C. The lowest BCUT2D eigenvalue weighted by atomic mass is 9.81. The average Bonchev–Trinajstić information content (AvgIpc) is 3.08. The summed E-state index contributed by atoms with van der Waals surface area (Å²) in [5, 5.41) is 3.15. The molecule has 0 bridgehead atoms. The number of ether oxygens (including phenoxy) is 1. The Hall–Kier alpha value is -3.42. The minimum absolute atomic E-state index is 0.101. The van der Waals surface area contributed by atoms with Gasteiger partial charge in [0.05, 0.1) is 18.6 Å². The van der Waals surface area contributed by atoms with Crippen molar-refractivity contribution in [2.45, 2.75) is 25.3 Å². The van der Waals surface area contributed by atoms with E-state index in [0.717, 1.165) is 11.1 Å². The molecule has 8 heteroatoms. The van der Waals surface area contributed by atoms with E-state index in [4.69, 9.17) is 4.74 Å². The van der Waals surface area contributed by atoms with Gasteiger partial charge in [0.25, 0.3) is 11.8 Å². The first-order valence-corrected chi connectivity index (χ1v) is 10.7. The van der Waals surface area contributed by atoms with E-state index in [9.17, 15) is 14.4 Å². The molecular weight excluding hydrogens is 408 g/mol. The third kappa shape index (κ3) is 3.70. The second-order valence-corrected chi connectivity index (χ2v) is 8.79. The summed E-state index contributed by atoms with van der Waals surface area (Å²) in [6, 6.07) is 7.15. The number of benzene rings is 1. The first-order valence-electron chi connectivity index (χ1n) is 10.7. The number of aromatic nitrogens is 1. The number of methoxy groups -OCH3 is 1. The second-order valence-electron chi connectivity index (χ2n) is 8.79. The molecule has 3 amide bonds. The van der Waals surface area contributed by atoms with Crippen LogP contribution in [0.25, 0.3) is 0 Å². The Labute approximate surface area is 187 Å². The van der Waals surface area contributed by atoms with Crippen LogP contribution in [0.3, 0.4) is 0 Å². The number of hydrogen-bond donors (Lipinski definition) is 1. The van der Waals surface area contributed by atoms with Crippen molar-refractivity contribution in [1.29, 1.82) is 0 Å². The van der Waals surface area contributed by atoms with Crippen molar-refractivity contribution >= 4 is 17.7 Å². The molecule has 0 unspecified atom stereocenters. The Kier molecular flexibility index (Phi) is 5.62. The lowest BCUT2D eigenvalue weighted by Crippen LogP contribution is -2.57. The summed E-state index contributed by atoms with van der Waals surface area (Å²) >= 11 is 0. The van der Waals surface area contributed by atoms with Gasteiger partial charge in [-0.1, -0.05) is 6.07 Å². The van der Waals surface area contributed by atoms with Gasteiger partial charge in [-0.15, -0.1) is 0 Å². The first kappa shape index (κ1) is 21.8. The topological polar surface area (TPSA) is 91.8 Å². The van der Waals surface area contributed by atoms with Crippen LogP contribution >= 0.6 is 0 Å². The molecule has 2 aromatic rings. The Balaban J connectivity index is 1.70. The van der Waals surface area contributed by atoms with Gasteiger partial charge < -0.3 is 19.9 Å². The number of rotatable bonds is 3. The zero-order chi connectivity index (χ0) is 23.0. The van der Waals surface area contributed by atoms with E-state index in [-0.39, 0.29) is 30.8 Å². The van der Waals surface area contributed by atoms with Gasteiger partial charge in [-0.05, 0) is 49.1 Å². The fourth-order valence-electron chi connectivity index (χ4n) is 4.78. The number of fused-ring (bicyclic) bond motifs is 1. The standard InChI is InChI=1S/C24H28N4O4/c1-15-12-25-10-8-18(15)22(30)28-13-20(23(31)27(2)3)24(14-28)9-7-16-5-6-17(32-4)11-19(16)21(29)26-24/h5-6,8,10-12,20H,7,9,13-14H2,1-4H3,(H,26,29)/t20-,24+/m1/s1. The Bertz CT molecular complexity index is 1080. The second kappa shape index (κ2) is 8.26. The fourth-order valence-corrected chi connectivity index (χ4v) is 4.78. The van der Waals surface area contributed by atoms with E-state index in [1.54, 1.807) is 50.6 Å². The molecule has 0 saturated carbocycles. The highest BCUT2D eigenvalue weighted by molar-refractivity contribution is 5.99. The van der Waals surface area contributed by atoms with Crippen molar-refractivity contribution in [1.82, 2.24) is 20.1 Å². The van der Waals surface area contributed by atoms with Crippen LogP contribution in [0, 0.1) is 12.8 Å². The van der Waals surface area contributed by atoms with E-state index in [1.807, 2.05) is 19.1 Å². The minimum Gasteiger partial charge on any atom is -0.497 e. The molecule has 32 heavy (non-hydrogen) atoms. The largest absolute Gasteiger partial charge is 0.497 e. The Morgan fingerprint density at radius 1 is 1.28 bits per heavy atom. The number of hydrogen-bond acceptors (Lipinski definition) is 5. The van der Waals surface area contributed by atoms with Crippen molar-refractivity contribution in [3.05, 3.63) is 58.9 Å². The zero-order valence-electron chi connectivity index (χ0n) is 18.8. The van der Waals surface area contributed by atoms with Crippen molar-refractivity contribution in [2.75, 3.05) is 34.3 Å². The van der Waals surface area contributed by atoms with E-state index in [1.165, 1.54) is 4.90 Å². The predicted octanol–water partition coefficient (Wildman–Crippen LogP) is 1.67. The molecule has 2 aliphatic heterocycles. The van der Waals surface area contributed by atoms with Crippen molar-refractivity contribution in [3.63, 3.8) is 0 Å². The molecule has 4 rings (SSSR count). The van der Waals surface area contributed by atoms with Crippen LogP contribution in [0.2, 0.25) is 0 Å². The number of pyridine rings is 1. The smallest absolute Gasteiger partial charge is 0.254 e. The van der Waals surface area contributed by atoms with Crippen molar-refractivity contribution < 1.29 is 19.1 Å². The van der Waals surface area contributed by atoms with Crippen molar-refractivity contribution in [2.24, 2.45) is 5.92 Å². The van der Waals surface area contributed by atoms with Gasteiger partial charge in [0.1, 0.15) is 5.75 Å². The maximum atomic E-state index is 13.3. The van der Waals surface area contributed by atoms with Gasteiger partial charge in [0, 0.05) is 50.7 Å². The van der Waals surface area contributed by atoms with Gasteiger partial charge in [0.2, 0.25) is 5.91 Å². The normalized spacial score (nSPS) is 22.2. The molecule has 0 aliphatic carbocycles. The molecule has 1 fully saturated rings. The summed E-state index contributed by atoms with van der Waals surface area (Å²) in [4.78, 5) is 47.1. The van der Waals surface area contributed by atoms with Crippen LogP contribution in [-0.2, 0) is 11.2 Å². The number of nitrogens with zero attached hydrogens (tertiary/aromatic N) is 3. The van der Waals surface area contributed by atoms with Crippen LogP contribution in [-0.4, -0.2) is 72.3 Å². The number of aryl methyl sites for hydroxylation is 2. The summed E-state index contributed by atoms with van der Waals surface area (Å²) in [5.74, 6) is -0.440. The predicted molar refractivity (Wildman–Crippen MR) is 119 cm³/mol. The molecule has 1 N–H and O–H groups in total. The van der Waals surface area contributed by atoms with Crippen LogP contribution in [0.15, 0.2) is 36.7 Å². The molecular formula is C24H28N4O4. The quantitative estimate of drug-likeness (QED) is 0.790. The number of amides is 3. The molecule has 168 valence electrons. The minimum atomic E-state index is -0.846. The van der Waals surface area contributed by atoms with Gasteiger partial charge >= 0.3 is 0 Å². The molecule has 1 saturated heterocycles. The molecule has 1 aromatic carbocycles. The highest BCUT2D eigenvalue weighted by Gasteiger charge is 2.53. The summed E-state index contributed by atoms with van der Waals surface area (Å²) < 4.78 is 5.29. The summed E-state index contributed by atoms with van der Waals surface area (Å²) in [6.07, 6.45) is 4.41. The number of nitrogens with one attached hydrogen (secondary N) is 1. The first-order chi connectivity index (χ1) is 15.3. The van der Waals surface area contributed by atoms with E-state index < -0.39 is 11.5 Å². The third-order valence-electron chi connectivity index (χ3n) is 6.58. The molecule has 0 radical (unpaired) electrons. The van der Waals surface area contributed by atoms with Crippen LogP contribution in [0.1, 0.15) is 38.3 Å². The van der Waals surface area contributed by atoms with E-state index >= 15 is 0 Å². The van der Waals surface area contributed by atoms with E-state index in [0.29, 0.717) is 29.7 Å². The summed E-state index contributed by atoms with van der Waals surface area (Å²) in [5.41, 5.74) is 1.94. The highest BCUT2D eigenvalue weighted by Crippen LogP contribution is 2.37. The van der Waals surface area contributed by atoms with Gasteiger partial charge in [-0.2, -0.15) is 0 Å². The molecule has 3 heterocycles. The summed E-state index contributed by atoms with van der Waals surface area (Å²) in [6.45, 7) is 2.36. The fraction of sp³-hybridized carbons (Fsp3) is 0.417. The molecule has 2 aliphatic rings.